The Kier molecular flexibility index (Phi) is 2.57. The number of nitrogens with two attached hydrogens (primary N) is 1. The van der Waals surface area contributed by atoms with E-state index in [4.69, 9.17) is 15.2 Å². The molecule has 15 heavy (non-hydrogen) atoms. The summed E-state index contributed by atoms with van der Waals surface area (Å²) in [5.74, 6) is 1.54. The highest BCUT2D eigenvalue weighted by atomic mass is 16.5. The summed E-state index contributed by atoms with van der Waals surface area (Å²) < 4.78 is 10.6. The zero-order valence-electron chi connectivity index (χ0n) is 9.25. The van der Waals surface area contributed by atoms with Crippen LogP contribution in [0.25, 0.3) is 0 Å². The minimum atomic E-state index is -0.208. The van der Waals surface area contributed by atoms with Crippen LogP contribution in [0.3, 0.4) is 0 Å². The van der Waals surface area contributed by atoms with E-state index >= 15 is 0 Å². The van der Waals surface area contributed by atoms with Crippen molar-refractivity contribution in [2.45, 2.75) is 24.8 Å². The molecule has 1 aromatic carbocycles. The van der Waals surface area contributed by atoms with Crippen LogP contribution in [0.2, 0.25) is 0 Å². The van der Waals surface area contributed by atoms with Crippen LogP contribution in [0, 0.1) is 0 Å². The maximum atomic E-state index is 6.29. The second-order valence-corrected chi connectivity index (χ2v) is 4.05. The molecule has 0 aromatic heterocycles. The van der Waals surface area contributed by atoms with Crippen LogP contribution >= 0.6 is 0 Å². The molecule has 3 heteroatoms. The van der Waals surface area contributed by atoms with Crippen molar-refractivity contribution < 1.29 is 9.47 Å². The van der Waals surface area contributed by atoms with Gasteiger partial charge in [0, 0.05) is 11.1 Å². The van der Waals surface area contributed by atoms with Crippen LogP contribution < -0.4 is 15.2 Å². The predicted molar refractivity (Wildman–Crippen MR) is 59.3 cm³/mol. The molecular weight excluding hydrogens is 190 g/mol. The molecule has 82 valence electrons. The first-order chi connectivity index (χ1) is 7.21. The highest BCUT2D eigenvalue weighted by Crippen LogP contribution is 2.45. The van der Waals surface area contributed by atoms with Crippen molar-refractivity contribution in [1.29, 1.82) is 0 Å². The van der Waals surface area contributed by atoms with E-state index in [0.29, 0.717) is 0 Å². The van der Waals surface area contributed by atoms with Crippen molar-refractivity contribution in [3.05, 3.63) is 23.8 Å². The maximum absolute atomic E-state index is 6.29. The first-order valence-corrected chi connectivity index (χ1v) is 5.21. The largest absolute Gasteiger partial charge is 0.493 e. The first kappa shape index (κ1) is 10.3. The second-order valence-electron chi connectivity index (χ2n) is 4.05. The van der Waals surface area contributed by atoms with Gasteiger partial charge in [-0.25, -0.2) is 0 Å². The lowest BCUT2D eigenvalue weighted by atomic mass is 9.72. The van der Waals surface area contributed by atoms with Crippen LogP contribution in [-0.2, 0) is 5.54 Å². The monoisotopic (exact) mass is 207 g/mol. The highest BCUT2D eigenvalue weighted by molar-refractivity contribution is 5.50. The predicted octanol–water partition coefficient (Wildman–Crippen LogP) is 2.04. The van der Waals surface area contributed by atoms with Crippen molar-refractivity contribution in [2.75, 3.05) is 14.2 Å². The molecule has 0 radical (unpaired) electrons. The van der Waals surface area contributed by atoms with Gasteiger partial charge in [-0.15, -0.1) is 0 Å². The van der Waals surface area contributed by atoms with Crippen molar-refractivity contribution in [3.63, 3.8) is 0 Å². The van der Waals surface area contributed by atoms with Gasteiger partial charge in [0.1, 0.15) is 0 Å². The molecule has 0 spiro atoms. The molecule has 2 rings (SSSR count). The zero-order valence-corrected chi connectivity index (χ0v) is 9.25. The van der Waals surface area contributed by atoms with Crippen molar-refractivity contribution in [2.24, 2.45) is 5.73 Å². The summed E-state index contributed by atoms with van der Waals surface area (Å²) in [5.41, 5.74) is 7.15. The summed E-state index contributed by atoms with van der Waals surface area (Å²) in [5, 5.41) is 0. The Morgan fingerprint density at radius 3 is 2.40 bits per heavy atom. The molecule has 0 amide bonds. The molecule has 0 heterocycles. The zero-order chi connectivity index (χ0) is 10.9. The van der Waals surface area contributed by atoms with Crippen LogP contribution in [-0.4, -0.2) is 14.2 Å². The minimum absolute atomic E-state index is 0.208. The van der Waals surface area contributed by atoms with E-state index in [9.17, 15) is 0 Å². The number of para-hydroxylation sites is 1. The number of hydrogen-bond acceptors (Lipinski definition) is 3. The van der Waals surface area contributed by atoms with E-state index in [2.05, 4.69) is 0 Å². The lowest BCUT2D eigenvalue weighted by Crippen LogP contribution is -2.43. The molecule has 0 atom stereocenters. The Bertz CT molecular complexity index is 359. The molecule has 0 unspecified atom stereocenters. The first-order valence-electron chi connectivity index (χ1n) is 5.21. The fraction of sp³-hybridized carbons (Fsp3) is 0.500. The van der Waals surface area contributed by atoms with Crippen LogP contribution in [0.1, 0.15) is 24.8 Å². The summed E-state index contributed by atoms with van der Waals surface area (Å²) in [4.78, 5) is 0. The van der Waals surface area contributed by atoms with Gasteiger partial charge in [0.05, 0.1) is 14.2 Å². The summed E-state index contributed by atoms with van der Waals surface area (Å²) in [7, 11) is 3.30. The molecule has 0 saturated heterocycles. The van der Waals surface area contributed by atoms with Gasteiger partial charge < -0.3 is 15.2 Å². The Morgan fingerprint density at radius 1 is 1.20 bits per heavy atom. The Labute approximate surface area is 90.2 Å². The smallest absolute Gasteiger partial charge is 0.165 e. The molecular formula is C12H17NO2. The second kappa shape index (κ2) is 3.74. The van der Waals surface area contributed by atoms with Gasteiger partial charge in [0.15, 0.2) is 11.5 Å². The van der Waals surface area contributed by atoms with E-state index in [-0.39, 0.29) is 5.54 Å². The van der Waals surface area contributed by atoms with Crippen LogP contribution in [0.5, 0.6) is 11.5 Å². The fourth-order valence-corrected chi connectivity index (χ4v) is 2.11. The van der Waals surface area contributed by atoms with Gasteiger partial charge in [0.25, 0.3) is 0 Å². The average molecular weight is 207 g/mol. The SMILES string of the molecule is COc1cccc(C2(N)CCC2)c1OC. The number of methoxy groups -OCH3 is 2. The van der Waals surface area contributed by atoms with E-state index < -0.39 is 0 Å². The molecule has 1 aromatic rings. The lowest BCUT2D eigenvalue weighted by molar-refractivity contribution is 0.240. The van der Waals surface area contributed by atoms with Crippen LogP contribution in [0.15, 0.2) is 18.2 Å². The quantitative estimate of drug-likeness (QED) is 0.825. The minimum Gasteiger partial charge on any atom is -0.493 e. The molecule has 0 bridgehead atoms. The lowest BCUT2D eigenvalue weighted by Gasteiger charge is -2.39. The number of ether oxygens (including phenoxy) is 2. The van der Waals surface area contributed by atoms with E-state index in [0.717, 1.165) is 29.9 Å². The molecule has 1 aliphatic rings. The van der Waals surface area contributed by atoms with Gasteiger partial charge in [-0.2, -0.15) is 0 Å². The van der Waals surface area contributed by atoms with Gasteiger partial charge in [-0.05, 0) is 25.3 Å². The summed E-state index contributed by atoms with van der Waals surface area (Å²) in [6.45, 7) is 0. The van der Waals surface area contributed by atoms with Gasteiger partial charge in [0.2, 0.25) is 0 Å². The van der Waals surface area contributed by atoms with Gasteiger partial charge in [-0.3, -0.25) is 0 Å². The van der Waals surface area contributed by atoms with E-state index in [1.54, 1.807) is 14.2 Å². The normalized spacial score (nSPS) is 18.1. The third kappa shape index (κ3) is 1.57. The third-order valence-corrected chi connectivity index (χ3v) is 3.19. The van der Waals surface area contributed by atoms with E-state index in [1.165, 1.54) is 6.42 Å². The third-order valence-electron chi connectivity index (χ3n) is 3.19. The maximum Gasteiger partial charge on any atom is 0.165 e. The van der Waals surface area contributed by atoms with Gasteiger partial charge >= 0.3 is 0 Å². The molecule has 1 aliphatic carbocycles. The summed E-state index contributed by atoms with van der Waals surface area (Å²) >= 11 is 0. The molecule has 0 aliphatic heterocycles. The number of benzene rings is 1. The Hall–Kier alpha value is -1.22. The van der Waals surface area contributed by atoms with Crippen molar-refractivity contribution in [1.82, 2.24) is 0 Å². The number of rotatable bonds is 3. The topological polar surface area (TPSA) is 44.5 Å². The Morgan fingerprint density at radius 2 is 1.93 bits per heavy atom. The van der Waals surface area contributed by atoms with Crippen molar-refractivity contribution in [3.8, 4) is 11.5 Å². The highest BCUT2D eigenvalue weighted by Gasteiger charge is 2.37. The molecule has 1 fully saturated rings. The molecule has 2 N–H and O–H groups in total. The number of hydrogen-bond donors (Lipinski definition) is 1. The van der Waals surface area contributed by atoms with Crippen LogP contribution in [0.4, 0.5) is 0 Å². The van der Waals surface area contributed by atoms with Crippen molar-refractivity contribution >= 4 is 0 Å². The standard InChI is InChI=1S/C12H17NO2/c1-14-10-6-3-5-9(11(10)15-2)12(13)7-4-8-12/h3,5-6H,4,7-8,13H2,1-2H3. The average Bonchev–Trinajstić information content (AvgIpc) is 2.24. The van der Waals surface area contributed by atoms with E-state index in [1.807, 2.05) is 18.2 Å². The fourth-order valence-electron chi connectivity index (χ4n) is 2.11. The molecule has 1 saturated carbocycles. The summed E-state index contributed by atoms with van der Waals surface area (Å²) in [6.07, 6.45) is 3.24. The molecule has 3 nitrogen and oxygen atoms in total. The van der Waals surface area contributed by atoms with Gasteiger partial charge in [-0.1, -0.05) is 12.1 Å². The summed E-state index contributed by atoms with van der Waals surface area (Å²) in [6, 6.07) is 5.88. The Balaban J connectivity index is 2.46.